The second-order valence-electron chi connectivity index (χ2n) is 11.5. The molecule has 2 aromatic carbocycles. The van der Waals surface area contributed by atoms with Crippen molar-refractivity contribution in [3.63, 3.8) is 0 Å². The number of hydrogen-bond donors (Lipinski definition) is 4. The molecule has 13 heteroatoms. The molecular formula is C31H38FN7O4S. The van der Waals surface area contributed by atoms with Crippen LogP contribution in [0.1, 0.15) is 35.1 Å². The summed E-state index contributed by atoms with van der Waals surface area (Å²) in [7, 11) is 5.60. The zero-order valence-corrected chi connectivity index (χ0v) is 25.9. The molecule has 6 N–H and O–H groups in total. The van der Waals surface area contributed by atoms with Gasteiger partial charge in [0.2, 0.25) is 0 Å². The van der Waals surface area contributed by atoms with Crippen LogP contribution in [0, 0.1) is 17.1 Å². The average molecular weight is 624 g/mol. The number of likely N-dealkylation sites (tertiary alicyclic amines) is 1. The summed E-state index contributed by atoms with van der Waals surface area (Å²) < 4.78 is 26.4. The van der Waals surface area contributed by atoms with Gasteiger partial charge in [-0.05, 0) is 62.3 Å². The van der Waals surface area contributed by atoms with Gasteiger partial charge in [0.25, 0.3) is 0 Å². The van der Waals surface area contributed by atoms with Crippen molar-refractivity contribution in [3.8, 4) is 22.9 Å². The van der Waals surface area contributed by atoms with Crippen molar-refractivity contribution in [2.24, 2.45) is 10.7 Å². The highest BCUT2D eigenvalue weighted by Gasteiger charge is 2.31. The number of amidine groups is 1. The van der Waals surface area contributed by atoms with Crippen molar-refractivity contribution >= 4 is 38.5 Å². The van der Waals surface area contributed by atoms with Crippen LogP contribution in [0.3, 0.4) is 0 Å². The molecule has 3 aromatic rings. The first-order valence-corrected chi connectivity index (χ1v) is 15.3. The molecule has 0 bridgehead atoms. The van der Waals surface area contributed by atoms with Gasteiger partial charge in [-0.3, -0.25) is 9.89 Å². The van der Waals surface area contributed by atoms with Crippen LogP contribution < -0.4 is 16.8 Å². The Morgan fingerprint density at radius 2 is 2.16 bits per heavy atom. The number of nitrogen functional groups attached to an aromatic ring is 1. The number of aldehydes is 1. The lowest BCUT2D eigenvalue weighted by Crippen LogP contribution is -2.38. The van der Waals surface area contributed by atoms with E-state index in [2.05, 4.69) is 21.2 Å². The summed E-state index contributed by atoms with van der Waals surface area (Å²) >= 11 is 1.00. The number of aromatic hydroxyl groups is 1. The molecule has 11 nitrogen and oxygen atoms in total. The van der Waals surface area contributed by atoms with Gasteiger partial charge in [0.05, 0.1) is 42.3 Å². The molecule has 0 amide bonds. The number of phenolic OH excluding ortho intramolecular Hbond substituents is 1. The van der Waals surface area contributed by atoms with Crippen LogP contribution in [0.5, 0.6) is 5.75 Å². The van der Waals surface area contributed by atoms with Gasteiger partial charge in [-0.25, -0.2) is 4.39 Å². The Balaban J connectivity index is 1.59. The van der Waals surface area contributed by atoms with E-state index >= 15 is 0 Å². The molecular weight excluding hydrogens is 585 g/mol. The maximum Gasteiger partial charge on any atom is 0.142 e. The number of nitrogens with zero attached hydrogens (tertiary/aromatic N) is 4. The van der Waals surface area contributed by atoms with E-state index in [9.17, 15) is 19.6 Å². The number of phenols is 1. The minimum absolute atomic E-state index is 0.0850. The van der Waals surface area contributed by atoms with E-state index < -0.39 is 11.9 Å². The molecule has 0 spiro atoms. The SMILES string of the molecule is COC1CN(C/N=C(/NC(C=O)CCCN(C)C)c2cc(O)c(-c3ccc(F)c4sc(N)c(C#N)c34)c3c2COC3)CC1N. The lowest BCUT2D eigenvalue weighted by atomic mass is 9.89. The van der Waals surface area contributed by atoms with E-state index in [4.69, 9.17) is 25.9 Å². The molecule has 2 aliphatic heterocycles. The maximum atomic E-state index is 14.8. The highest BCUT2D eigenvalue weighted by atomic mass is 32.1. The Hall–Kier alpha value is -3.64. The van der Waals surface area contributed by atoms with Crippen molar-refractivity contribution in [2.45, 2.75) is 44.2 Å². The lowest BCUT2D eigenvalue weighted by molar-refractivity contribution is -0.109. The number of fused-ring (bicyclic) bond motifs is 2. The predicted octanol–water partition coefficient (Wildman–Crippen LogP) is 2.76. The van der Waals surface area contributed by atoms with E-state index in [1.807, 2.05) is 14.1 Å². The predicted molar refractivity (Wildman–Crippen MR) is 169 cm³/mol. The summed E-state index contributed by atoms with van der Waals surface area (Å²) in [5.41, 5.74) is 15.5. The highest BCUT2D eigenvalue weighted by molar-refractivity contribution is 7.23. The molecule has 0 saturated carbocycles. The number of nitrogens with one attached hydrogen (secondary N) is 1. The van der Waals surface area contributed by atoms with Crippen LogP contribution in [0.25, 0.3) is 21.2 Å². The van der Waals surface area contributed by atoms with E-state index in [1.54, 1.807) is 19.2 Å². The molecule has 3 atom stereocenters. The number of aliphatic imine (C=N–C) groups is 1. The number of thiophene rings is 1. The fourth-order valence-corrected chi connectivity index (χ4v) is 6.91. The van der Waals surface area contributed by atoms with Gasteiger partial charge in [0.1, 0.15) is 34.8 Å². The van der Waals surface area contributed by atoms with Crippen molar-refractivity contribution in [3.05, 3.63) is 46.3 Å². The quantitative estimate of drug-likeness (QED) is 0.142. The highest BCUT2D eigenvalue weighted by Crippen LogP contribution is 2.47. The summed E-state index contributed by atoms with van der Waals surface area (Å²) in [5, 5.41) is 25.3. The maximum absolute atomic E-state index is 14.8. The summed E-state index contributed by atoms with van der Waals surface area (Å²) in [5.74, 6) is -0.124. The fourth-order valence-electron chi connectivity index (χ4n) is 5.97. The van der Waals surface area contributed by atoms with Crippen molar-refractivity contribution in [2.75, 3.05) is 53.2 Å². The number of rotatable bonds is 11. The number of nitriles is 1. The lowest BCUT2D eigenvalue weighted by Gasteiger charge is -2.22. The Morgan fingerprint density at radius 1 is 1.39 bits per heavy atom. The third-order valence-corrected chi connectivity index (χ3v) is 9.23. The first kappa shape index (κ1) is 31.8. The van der Waals surface area contributed by atoms with Gasteiger partial charge in [-0.1, -0.05) is 6.07 Å². The number of hydrogen-bond acceptors (Lipinski definition) is 11. The Bertz CT molecular complexity index is 1620. The minimum Gasteiger partial charge on any atom is -0.507 e. The number of nitrogens with two attached hydrogens (primary N) is 2. The number of benzene rings is 2. The van der Waals surface area contributed by atoms with Crippen LogP contribution in [-0.2, 0) is 27.5 Å². The van der Waals surface area contributed by atoms with E-state index in [1.165, 1.54) is 6.07 Å². The van der Waals surface area contributed by atoms with Gasteiger partial charge in [-0.2, -0.15) is 5.26 Å². The van der Waals surface area contributed by atoms with Crippen molar-refractivity contribution < 1.29 is 23.8 Å². The molecule has 234 valence electrons. The average Bonchev–Trinajstić information content (AvgIpc) is 3.71. The number of halogens is 1. The van der Waals surface area contributed by atoms with Crippen LogP contribution in [0.2, 0.25) is 0 Å². The second kappa shape index (κ2) is 13.6. The zero-order valence-electron chi connectivity index (χ0n) is 25.1. The van der Waals surface area contributed by atoms with Gasteiger partial charge in [0, 0.05) is 42.8 Å². The zero-order chi connectivity index (χ0) is 31.5. The Kier molecular flexibility index (Phi) is 9.79. The van der Waals surface area contributed by atoms with Crippen LogP contribution >= 0.6 is 11.3 Å². The smallest absolute Gasteiger partial charge is 0.142 e. The monoisotopic (exact) mass is 623 g/mol. The molecule has 1 fully saturated rings. The molecule has 44 heavy (non-hydrogen) atoms. The van der Waals surface area contributed by atoms with Gasteiger partial charge in [0.15, 0.2) is 0 Å². The topological polar surface area (TPSA) is 162 Å². The number of methoxy groups -OCH3 is 1. The number of carbonyl (C=O) groups excluding carboxylic acids is 1. The first-order chi connectivity index (χ1) is 21.2. The molecule has 2 aliphatic rings. The van der Waals surface area contributed by atoms with E-state index in [0.29, 0.717) is 59.7 Å². The van der Waals surface area contributed by atoms with Gasteiger partial charge >= 0.3 is 0 Å². The molecule has 3 heterocycles. The minimum atomic E-state index is -0.509. The summed E-state index contributed by atoms with van der Waals surface area (Å²) in [6.07, 6.45) is 2.16. The van der Waals surface area contributed by atoms with Crippen LogP contribution in [-0.4, -0.2) is 92.7 Å². The molecule has 0 aliphatic carbocycles. The summed E-state index contributed by atoms with van der Waals surface area (Å²) in [6, 6.07) is 5.92. The number of carbonyl (C=O) groups is 1. The summed E-state index contributed by atoms with van der Waals surface area (Å²) in [6.45, 7) is 2.78. The summed E-state index contributed by atoms with van der Waals surface area (Å²) in [4.78, 5) is 21.2. The fraction of sp³-hybridized carbons (Fsp3) is 0.452. The number of anilines is 1. The molecule has 1 aromatic heterocycles. The molecule has 3 unspecified atom stereocenters. The van der Waals surface area contributed by atoms with E-state index in [0.717, 1.165) is 36.2 Å². The third kappa shape index (κ3) is 6.28. The van der Waals surface area contributed by atoms with Crippen LogP contribution in [0.15, 0.2) is 23.2 Å². The van der Waals surface area contributed by atoms with Crippen molar-refractivity contribution in [1.29, 1.82) is 5.26 Å². The van der Waals surface area contributed by atoms with Crippen LogP contribution in [0.4, 0.5) is 9.39 Å². The molecule has 0 radical (unpaired) electrons. The molecule has 1 saturated heterocycles. The standard InChI is InChI=1S/C31H38FN7O4S/c1-38(2)8-4-5-17(13-40)37-31(36-16-39-11-24(34)26(12-39)42-3)19-9-25(41)27(22-15-43-14-21(19)22)18-6-7-23(32)29-28(18)20(10-33)30(35)44-29/h6-7,9,13,17,24,26,41H,4-5,8,11-12,14-16,34-35H2,1-3H3,(H,36,37). The first-order valence-electron chi connectivity index (χ1n) is 14.4. The molecule has 5 rings (SSSR count). The second-order valence-corrected chi connectivity index (χ2v) is 12.5. The van der Waals surface area contributed by atoms with Gasteiger partial charge in [-0.15, -0.1) is 11.3 Å². The number of ether oxygens (including phenoxy) is 2. The van der Waals surface area contributed by atoms with Crippen molar-refractivity contribution in [1.82, 2.24) is 15.1 Å². The van der Waals surface area contributed by atoms with Gasteiger partial charge < -0.3 is 41.1 Å². The Labute approximate surface area is 259 Å². The van der Waals surface area contributed by atoms with E-state index in [-0.39, 0.29) is 46.4 Å². The largest absolute Gasteiger partial charge is 0.507 e. The normalized spacial score (nSPS) is 19.4. The Morgan fingerprint density at radius 3 is 2.84 bits per heavy atom. The third-order valence-electron chi connectivity index (χ3n) is 8.20.